The molecule has 0 radical (unpaired) electrons. The summed E-state index contributed by atoms with van der Waals surface area (Å²) in [5.41, 5.74) is 1.86. The van der Waals surface area contributed by atoms with Crippen molar-refractivity contribution in [3.05, 3.63) is 52.0 Å². The first kappa shape index (κ1) is 14.7. The fourth-order valence-corrected chi connectivity index (χ4v) is 2.83. The summed E-state index contributed by atoms with van der Waals surface area (Å²) in [6, 6.07) is 7.84. The average Bonchev–Trinajstić information content (AvgIpc) is 2.77. The van der Waals surface area contributed by atoms with Gasteiger partial charge in [0.25, 0.3) is 0 Å². The fraction of sp³-hybridized carbons (Fsp3) is 0.267. The summed E-state index contributed by atoms with van der Waals surface area (Å²) in [6.07, 6.45) is 0. The third-order valence-corrected chi connectivity index (χ3v) is 3.93. The Morgan fingerprint density at radius 2 is 2.00 bits per heavy atom. The predicted octanol–water partition coefficient (Wildman–Crippen LogP) is 3.27. The number of rotatable bonds is 5. The standard InChI is InChI=1S/C15H17FN2OS/c1-11-7-8-20-14(11)9-18(2)10-15(19)17-13-5-3-12(16)4-6-13/h3-8H,9-10H2,1-2H3,(H,17,19). The second-order valence-electron chi connectivity index (χ2n) is 4.75. The van der Waals surface area contributed by atoms with Gasteiger partial charge < -0.3 is 5.32 Å². The zero-order chi connectivity index (χ0) is 14.5. The van der Waals surface area contributed by atoms with E-state index in [2.05, 4.69) is 23.7 Å². The second kappa shape index (κ2) is 6.63. The average molecular weight is 292 g/mol. The van der Waals surface area contributed by atoms with Crippen LogP contribution in [0.3, 0.4) is 0 Å². The third kappa shape index (κ3) is 4.15. The Kier molecular flexibility index (Phi) is 4.87. The molecule has 0 atom stereocenters. The smallest absolute Gasteiger partial charge is 0.238 e. The number of carbonyl (C=O) groups excluding carboxylic acids is 1. The van der Waals surface area contributed by atoms with Gasteiger partial charge in [0.2, 0.25) is 5.91 Å². The molecule has 1 aromatic heterocycles. The van der Waals surface area contributed by atoms with E-state index in [1.165, 1.54) is 22.6 Å². The maximum atomic E-state index is 12.8. The van der Waals surface area contributed by atoms with Gasteiger partial charge in [-0.2, -0.15) is 0 Å². The summed E-state index contributed by atoms with van der Waals surface area (Å²) in [7, 11) is 1.91. The number of hydrogen-bond acceptors (Lipinski definition) is 3. The van der Waals surface area contributed by atoms with Crippen LogP contribution in [0.15, 0.2) is 35.7 Å². The number of likely N-dealkylation sites (N-methyl/N-ethyl adjacent to an activating group) is 1. The molecule has 0 aliphatic rings. The molecule has 1 aromatic carbocycles. The van der Waals surface area contributed by atoms with Gasteiger partial charge in [-0.1, -0.05) is 0 Å². The number of thiophene rings is 1. The van der Waals surface area contributed by atoms with Gasteiger partial charge in [0.1, 0.15) is 5.82 Å². The SMILES string of the molecule is Cc1ccsc1CN(C)CC(=O)Nc1ccc(F)cc1. The van der Waals surface area contributed by atoms with Crippen molar-refractivity contribution in [1.82, 2.24) is 4.90 Å². The van der Waals surface area contributed by atoms with Gasteiger partial charge in [-0.3, -0.25) is 9.69 Å². The number of anilines is 1. The molecule has 1 N–H and O–H groups in total. The molecule has 1 heterocycles. The first-order valence-corrected chi connectivity index (χ1v) is 7.19. The highest BCUT2D eigenvalue weighted by Gasteiger charge is 2.09. The molecule has 0 saturated heterocycles. The molecule has 106 valence electrons. The maximum absolute atomic E-state index is 12.8. The molecular formula is C15H17FN2OS. The van der Waals surface area contributed by atoms with Crippen molar-refractivity contribution in [2.24, 2.45) is 0 Å². The summed E-state index contributed by atoms with van der Waals surface area (Å²) in [4.78, 5) is 15.1. The summed E-state index contributed by atoms with van der Waals surface area (Å²) in [6.45, 7) is 3.12. The Bertz CT molecular complexity index is 580. The van der Waals surface area contributed by atoms with Crippen LogP contribution >= 0.6 is 11.3 Å². The Labute approximate surface area is 122 Å². The van der Waals surface area contributed by atoms with Crippen molar-refractivity contribution in [2.45, 2.75) is 13.5 Å². The number of halogens is 1. The van der Waals surface area contributed by atoms with Gasteiger partial charge in [0, 0.05) is 17.1 Å². The van der Waals surface area contributed by atoms with E-state index in [1.54, 1.807) is 23.5 Å². The Balaban J connectivity index is 1.85. The summed E-state index contributed by atoms with van der Waals surface area (Å²) < 4.78 is 12.8. The molecule has 0 spiro atoms. The van der Waals surface area contributed by atoms with Gasteiger partial charge in [0.15, 0.2) is 0 Å². The number of benzene rings is 1. The number of aryl methyl sites for hydroxylation is 1. The zero-order valence-electron chi connectivity index (χ0n) is 11.5. The molecule has 20 heavy (non-hydrogen) atoms. The van der Waals surface area contributed by atoms with E-state index >= 15 is 0 Å². The van der Waals surface area contributed by atoms with Gasteiger partial charge in [0.05, 0.1) is 6.54 Å². The molecule has 5 heteroatoms. The second-order valence-corrected chi connectivity index (χ2v) is 5.75. The molecule has 0 saturated carbocycles. The van der Waals surface area contributed by atoms with Crippen LogP contribution < -0.4 is 5.32 Å². The number of nitrogens with one attached hydrogen (secondary N) is 1. The predicted molar refractivity (Wildman–Crippen MR) is 80.4 cm³/mol. The lowest BCUT2D eigenvalue weighted by molar-refractivity contribution is -0.117. The van der Waals surface area contributed by atoms with Gasteiger partial charge in [-0.25, -0.2) is 4.39 Å². The zero-order valence-corrected chi connectivity index (χ0v) is 12.3. The van der Waals surface area contributed by atoms with Crippen LogP contribution in [-0.2, 0) is 11.3 Å². The quantitative estimate of drug-likeness (QED) is 0.917. The minimum atomic E-state index is -0.312. The summed E-state index contributed by atoms with van der Waals surface area (Å²) in [5, 5.41) is 4.80. The largest absolute Gasteiger partial charge is 0.325 e. The minimum Gasteiger partial charge on any atom is -0.325 e. The Morgan fingerprint density at radius 1 is 1.30 bits per heavy atom. The summed E-state index contributed by atoms with van der Waals surface area (Å²) >= 11 is 1.70. The van der Waals surface area contributed by atoms with Crippen LogP contribution in [0.5, 0.6) is 0 Å². The first-order valence-electron chi connectivity index (χ1n) is 6.31. The van der Waals surface area contributed by atoms with Crippen molar-refractivity contribution >= 4 is 22.9 Å². The van der Waals surface area contributed by atoms with E-state index < -0.39 is 0 Å². The molecule has 0 bridgehead atoms. The molecule has 1 amide bonds. The minimum absolute atomic E-state index is 0.103. The van der Waals surface area contributed by atoms with Crippen LogP contribution in [0.4, 0.5) is 10.1 Å². The number of hydrogen-bond donors (Lipinski definition) is 1. The van der Waals surface area contributed by atoms with Crippen molar-refractivity contribution in [3.8, 4) is 0 Å². The van der Waals surface area contributed by atoms with Crippen molar-refractivity contribution in [1.29, 1.82) is 0 Å². The Morgan fingerprint density at radius 3 is 2.60 bits per heavy atom. The van der Waals surface area contributed by atoms with E-state index in [0.717, 1.165) is 6.54 Å². The number of amides is 1. The van der Waals surface area contributed by atoms with Crippen LogP contribution in [0.1, 0.15) is 10.4 Å². The summed E-state index contributed by atoms with van der Waals surface area (Å²) in [5.74, 6) is -0.415. The fourth-order valence-electron chi connectivity index (χ4n) is 1.85. The number of nitrogens with zero attached hydrogens (tertiary/aromatic N) is 1. The normalized spacial score (nSPS) is 10.8. The van der Waals surface area contributed by atoms with E-state index in [4.69, 9.17) is 0 Å². The highest BCUT2D eigenvalue weighted by Crippen LogP contribution is 2.17. The molecule has 2 rings (SSSR count). The van der Waals surface area contributed by atoms with Crippen LogP contribution in [0, 0.1) is 12.7 Å². The van der Waals surface area contributed by atoms with Gasteiger partial charge >= 0.3 is 0 Å². The van der Waals surface area contributed by atoms with Gasteiger partial charge in [-0.05, 0) is 55.2 Å². The van der Waals surface area contributed by atoms with Crippen molar-refractivity contribution in [2.75, 3.05) is 18.9 Å². The molecule has 0 aliphatic heterocycles. The van der Waals surface area contributed by atoms with E-state index in [1.807, 2.05) is 11.9 Å². The molecular weight excluding hydrogens is 275 g/mol. The lowest BCUT2D eigenvalue weighted by Gasteiger charge is -2.16. The van der Waals surface area contributed by atoms with E-state index in [9.17, 15) is 9.18 Å². The monoisotopic (exact) mass is 292 g/mol. The molecule has 0 unspecified atom stereocenters. The van der Waals surface area contributed by atoms with E-state index in [-0.39, 0.29) is 11.7 Å². The lowest BCUT2D eigenvalue weighted by atomic mass is 10.3. The first-order chi connectivity index (χ1) is 9.54. The lowest BCUT2D eigenvalue weighted by Crippen LogP contribution is -2.29. The van der Waals surface area contributed by atoms with Crippen LogP contribution in [0.2, 0.25) is 0 Å². The Hall–Kier alpha value is -1.72. The van der Waals surface area contributed by atoms with E-state index in [0.29, 0.717) is 12.2 Å². The molecule has 0 fully saturated rings. The maximum Gasteiger partial charge on any atom is 0.238 e. The molecule has 3 nitrogen and oxygen atoms in total. The van der Waals surface area contributed by atoms with Crippen molar-refractivity contribution < 1.29 is 9.18 Å². The third-order valence-electron chi connectivity index (χ3n) is 2.92. The van der Waals surface area contributed by atoms with Gasteiger partial charge in [-0.15, -0.1) is 11.3 Å². The topological polar surface area (TPSA) is 32.3 Å². The molecule has 2 aromatic rings. The van der Waals surface area contributed by atoms with Crippen LogP contribution in [-0.4, -0.2) is 24.4 Å². The number of carbonyl (C=O) groups is 1. The molecule has 0 aliphatic carbocycles. The van der Waals surface area contributed by atoms with Crippen molar-refractivity contribution in [3.63, 3.8) is 0 Å². The van der Waals surface area contributed by atoms with Crippen LogP contribution in [0.25, 0.3) is 0 Å². The highest BCUT2D eigenvalue weighted by molar-refractivity contribution is 7.10. The highest BCUT2D eigenvalue weighted by atomic mass is 32.1.